The number of amides is 1. The fraction of sp³-hybridized carbons (Fsp3) is 0.643. The number of hydrogen-bond acceptors (Lipinski definition) is 4. The molecule has 0 aromatic carbocycles. The van der Waals surface area contributed by atoms with Crippen molar-refractivity contribution in [2.45, 2.75) is 19.8 Å². The number of piperidine rings is 1. The molecule has 0 atom stereocenters. The van der Waals surface area contributed by atoms with E-state index in [-0.39, 0.29) is 5.91 Å². The molecule has 0 saturated carbocycles. The maximum Gasteiger partial charge on any atom is 0.264 e. The minimum absolute atomic E-state index is 0.148. The van der Waals surface area contributed by atoms with Crippen LogP contribution in [0.4, 0.5) is 0 Å². The highest BCUT2D eigenvalue weighted by atomic mass is 32.1. The summed E-state index contributed by atoms with van der Waals surface area (Å²) in [4.78, 5) is 15.1. The Kier molecular flexibility index (Phi) is 5.22. The second kappa shape index (κ2) is 6.91. The van der Waals surface area contributed by atoms with Crippen LogP contribution in [0, 0.1) is 5.92 Å². The smallest absolute Gasteiger partial charge is 0.264 e. The number of carbonyl (C=O) groups is 1. The van der Waals surface area contributed by atoms with Crippen molar-refractivity contribution in [3.05, 3.63) is 16.3 Å². The molecule has 106 valence electrons. The lowest BCUT2D eigenvalue weighted by Gasteiger charge is -2.31. The maximum absolute atomic E-state index is 12.3. The van der Waals surface area contributed by atoms with Crippen LogP contribution in [-0.2, 0) is 0 Å². The van der Waals surface area contributed by atoms with Crippen LogP contribution in [0.5, 0.6) is 5.75 Å². The summed E-state index contributed by atoms with van der Waals surface area (Å²) in [6.07, 6.45) is 2.20. The summed E-state index contributed by atoms with van der Waals surface area (Å²) >= 11 is 1.46. The van der Waals surface area contributed by atoms with E-state index in [9.17, 15) is 4.79 Å². The van der Waals surface area contributed by atoms with Gasteiger partial charge in [0.05, 0.1) is 12.0 Å². The molecule has 1 fully saturated rings. The van der Waals surface area contributed by atoms with Gasteiger partial charge in [-0.2, -0.15) is 0 Å². The molecular formula is C14H22N2O2S. The SMILES string of the molecule is CCNCC1CCN(C(=O)c2cc(OC)cs2)CC1. The van der Waals surface area contributed by atoms with Crippen LogP contribution in [0.15, 0.2) is 11.4 Å². The molecule has 2 rings (SSSR count). The third-order valence-electron chi connectivity index (χ3n) is 3.61. The third kappa shape index (κ3) is 3.70. The minimum atomic E-state index is 0.148. The van der Waals surface area contributed by atoms with Crippen molar-refractivity contribution in [1.29, 1.82) is 0 Å². The van der Waals surface area contributed by atoms with Crippen LogP contribution in [0.3, 0.4) is 0 Å². The highest BCUT2D eigenvalue weighted by Gasteiger charge is 2.24. The number of likely N-dealkylation sites (tertiary alicyclic amines) is 1. The van der Waals surface area contributed by atoms with E-state index in [4.69, 9.17) is 4.74 Å². The number of nitrogens with one attached hydrogen (secondary N) is 1. The summed E-state index contributed by atoms with van der Waals surface area (Å²) in [5, 5.41) is 5.27. The van der Waals surface area contributed by atoms with Gasteiger partial charge in [-0.25, -0.2) is 0 Å². The Hall–Kier alpha value is -1.07. The van der Waals surface area contributed by atoms with Gasteiger partial charge in [0.1, 0.15) is 5.75 Å². The monoisotopic (exact) mass is 282 g/mol. The predicted octanol–water partition coefficient (Wildman–Crippen LogP) is 2.22. The lowest BCUT2D eigenvalue weighted by atomic mass is 9.96. The van der Waals surface area contributed by atoms with Crippen LogP contribution < -0.4 is 10.1 Å². The van der Waals surface area contributed by atoms with Gasteiger partial charge < -0.3 is 15.0 Å². The van der Waals surface area contributed by atoms with Gasteiger partial charge in [-0.3, -0.25) is 4.79 Å². The highest BCUT2D eigenvalue weighted by Crippen LogP contribution is 2.25. The lowest BCUT2D eigenvalue weighted by Crippen LogP contribution is -2.40. The number of rotatable bonds is 5. The molecule has 0 radical (unpaired) electrons. The fourth-order valence-corrected chi connectivity index (χ4v) is 3.20. The number of nitrogens with zero attached hydrogens (tertiary/aromatic N) is 1. The van der Waals surface area contributed by atoms with Crippen molar-refractivity contribution in [1.82, 2.24) is 10.2 Å². The zero-order chi connectivity index (χ0) is 13.7. The van der Waals surface area contributed by atoms with Gasteiger partial charge in [0, 0.05) is 24.5 Å². The first kappa shape index (κ1) is 14.3. The van der Waals surface area contributed by atoms with Gasteiger partial charge in [-0.1, -0.05) is 6.92 Å². The average Bonchev–Trinajstić information content (AvgIpc) is 2.94. The first-order chi connectivity index (χ1) is 9.24. The zero-order valence-corrected chi connectivity index (χ0v) is 12.5. The van der Waals surface area contributed by atoms with Gasteiger partial charge in [0.15, 0.2) is 0 Å². The quantitative estimate of drug-likeness (QED) is 0.900. The summed E-state index contributed by atoms with van der Waals surface area (Å²) in [5.41, 5.74) is 0. The third-order valence-corrected chi connectivity index (χ3v) is 4.50. The van der Waals surface area contributed by atoms with Crippen LogP contribution in [0.1, 0.15) is 29.4 Å². The zero-order valence-electron chi connectivity index (χ0n) is 11.6. The Morgan fingerprint density at radius 2 is 2.26 bits per heavy atom. The first-order valence-electron chi connectivity index (χ1n) is 6.87. The number of carbonyl (C=O) groups excluding carboxylic acids is 1. The van der Waals surface area contributed by atoms with Crippen LogP contribution in [0.25, 0.3) is 0 Å². The lowest BCUT2D eigenvalue weighted by molar-refractivity contribution is 0.0695. The normalized spacial score (nSPS) is 16.6. The molecule has 1 amide bonds. The second-order valence-electron chi connectivity index (χ2n) is 4.89. The molecule has 1 saturated heterocycles. The van der Waals surface area contributed by atoms with Gasteiger partial charge in [-0.05, 0) is 31.8 Å². The Labute approximate surface area is 118 Å². The predicted molar refractivity (Wildman–Crippen MR) is 78.0 cm³/mol. The topological polar surface area (TPSA) is 41.6 Å². The van der Waals surface area contributed by atoms with E-state index < -0.39 is 0 Å². The molecule has 1 aliphatic rings. The summed E-state index contributed by atoms with van der Waals surface area (Å²) in [6, 6.07) is 1.83. The van der Waals surface area contributed by atoms with E-state index in [1.165, 1.54) is 11.3 Å². The van der Waals surface area contributed by atoms with E-state index in [0.717, 1.165) is 49.6 Å². The van der Waals surface area contributed by atoms with Crippen molar-refractivity contribution in [3.8, 4) is 5.75 Å². The number of methoxy groups -OCH3 is 1. The molecule has 4 nitrogen and oxygen atoms in total. The van der Waals surface area contributed by atoms with Gasteiger partial charge in [-0.15, -0.1) is 11.3 Å². The first-order valence-corrected chi connectivity index (χ1v) is 7.75. The Balaban J connectivity index is 1.85. The molecule has 1 N–H and O–H groups in total. The van der Waals surface area contributed by atoms with Crippen molar-refractivity contribution >= 4 is 17.2 Å². The molecule has 1 aromatic rings. The van der Waals surface area contributed by atoms with E-state index in [1.807, 2.05) is 16.3 Å². The van der Waals surface area contributed by atoms with E-state index in [2.05, 4.69) is 12.2 Å². The highest BCUT2D eigenvalue weighted by molar-refractivity contribution is 7.12. The average molecular weight is 282 g/mol. The van der Waals surface area contributed by atoms with E-state index >= 15 is 0 Å². The van der Waals surface area contributed by atoms with Gasteiger partial charge >= 0.3 is 0 Å². The fourth-order valence-electron chi connectivity index (χ4n) is 2.38. The van der Waals surface area contributed by atoms with E-state index in [1.54, 1.807) is 7.11 Å². The Morgan fingerprint density at radius 1 is 1.53 bits per heavy atom. The van der Waals surface area contributed by atoms with Crippen molar-refractivity contribution in [2.75, 3.05) is 33.3 Å². The van der Waals surface area contributed by atoms with Crippen molar-refractivity contribution in [2.24, 2.45) is 5.92 Å². The molecule has 2 heterocycles. The van der Waals surface area contributed by atoms with Crippen LogP contribution >= 0.6 is 11.3 Å². The van der Waals surface area contributed by atoms with E-state index in [0.29, 0.717) is 5.92 Å². The molecule has 0 aliphatic carbocycles. The molecule has 0 unspecified atom stereocenters. The Morgan fingerprint density at radius 3 is 2.84 bits per heavy atom. The van der Waals surface area contributed by atoms with Crippen LogP contribution in [-0.4, -0.2) is 44.1 Å². The molecule has 5 heteroatoms. The number of ether oxygens (including phenoxy) is 1. The molecule has 1 aliphatic heterocycles. The molecule has 0 spiro atoms. The minimum Gasteiger partial charge on any atom is -0.496 e. The molecular weight excluding hydrogens is 260 g/mol. The summed E-state index contributed by atoms with van der Waals surface area (Å²) < 4.78 is 5.13. The summed E-state index contributed by atoms with van der Waals surface area (Å²) in [7, 11) is 1.63. The second-order valence-corrected chi connectivity index (χ2v) is 5.81. The van der Waals surface area contributed by atoms with Gasteiger partial charge in [0.2, 0.25) is 0 Å². The molecule has 0 bridgehead atoms. The number of hydrogen-bond donors (Lipinski definition) is 1. The number of thiophene rings is 1. The Bertz CT molecular complexity index is 411. The standard InChI is InChI=1S/C14H22N2O2S/c1-3-15-9-11-4-6-16(7-5-11)14(17)13-8-12(18-2)10-19-13/h8,10-11,15H,3-7,9H2,1-2H3. The van der Waals surface area contributed by atoms with Crippen molar-refractivity contribution in [3.63, 3.8) is 0 Å². The molecule has 1 aromatic heterocycles. The molecule has 19 heavy (non-hydrogen) atoms. The van der Waals surface area contributed by atoms with Crippen molar-refractivity contribution < 1.29 is 9.53 Å². The summed E-state index contributed by atoms with van der Waals surface area (Å²) in [5.74, 6) is 1.63. The van der Waals surface area contributed by atoms with Crippen LogP contribution in [0.2, 0.25) is 0 Å². The largest absolute Gasteiger partial charge is 0.496 e. The summed E-state index contributed by atoms with van der Waals surface area (Å²) in [6.45, 7) is 5.96. The van der Waals surface area contributed by atoms with Gasteiger partial charge in [0.25, 0.3) is 5.91 Å². The maximum atomic E-state index is 12.3.